The molecule has 0 amide bonds. The summed E-state index contributed by atoms with van der Waals surface area (Å²) >= 11 is 0. The first kappa shape index (κ1) is 7.35. The van der Waals surface area contributed by atoms with E-state index in [0.29, 0.717) is 11.7 Å². The molecular formula is C10H12N2. The highest BCUT2D eigenvalue weighted by molar-refractivity contribution is 5.72. The van der Waals surface area contributed by atoms with Gasteiger partial charge in [0.05, 0.1) is 0 Å². The Morgan fingerprint density at radius 2 is 2.25 bits per heavy atom. The summed E-state index contributed by atoms with van der Waals surface area (Å²) in [7, 11) is 0. The van der Waals surface area contributed by atoms with Crippen molar-refractivity contribution in [2.24, 2.45) is 0 Å². The molecule has 0 aliphatic heterocycles. The Balaban J connectivity index is 2.64. The Morgan fingerprint density at radius 1 is 1.50 bits per heavy atom. The van der Waals surface area contributed by atoms with Crippen molar-refractivity contribution in [1.82, 2.24) is 4.98 Å². The lowest BCUT2D eigenvalue weighted by Gasteiger charge is -2.06. The fourth-order valence-corrected chi connectivity index (χ4v) is 1.64. The van der Waals surface area contributed by atoms with Gasteiger partial charge >= 0.3 is 0 Å². The van der Waals surface area contributed by atoms with Crippen LogP contribution in [0.25, 0.3) is 6.08 Å². The van der Waals surface area contributed by atoms with Crippen molar-refractivity contribution in [2.45, 2.75) is 19.8 Å². The molecule has 2 rings (SSSR count). The molecule has 0 radical (unpaired) electrons. The predicted octanol–water partition coefficient (Wildman–Crippen LogP) is 2.18. The van der Waals surface area contributed by atoms with Gasteiger partial charge < -0.3 is 5.73 Å². The first-order chi connectivity index (χ1) is 5.70. The van der Waals surface area contributed by atoms with Crippen molar-refractivity contribution < 1.29 is 0 Å². The summed E-state index contributed by atoms with van der Waals surface area (Å²) in [5.74, 6) is 1.15. The quantitative estimate of drug-likeness (QED) is 0.631. The Morgan fingerprint density at radius 3 is 2.92 bits per heavy atom. The fraction of sp³-hybridized carbons (Fsp3) is 0.300. The third kappa shape index (κ3) is 0.843. The highest BCUT2D eigenvalue weighted by Crippen LogP contribution is 2.36. The molecule has 1 heterocycles. The molecule has 0 spiro atoms. The van der Waals surface area contributed by atoms with Crippen LogP contribution in [0.3, 0.4) is 0 Å². The lowest BCUT2D eigenvalue weighted by molar-refractivity contribution is 0.919. The maximum Gasteiger partial charge on any atom is 0.130 e. The second kappa shape index (κ2) is 2.34. The van der Waals surface area contributed by atoms with Gasteiger partial charge in [0.1, 0.15) is 5.82 Å². The van der Waals surface area contributed by atoms with Gasteiger partial charge in [0, 0.05) is 17.7 Å². The zero-order chi connectivity index (χ0) is 8.72. The van der Waals surface area contributed by atoms with E-state index >= 15 is 0 Å². The van der Waals surface area contributed by atoms with E-state index < -0.39 is 0 Å². The fourth-order valence-electron chi connectivity index (χ4n) is 1.64. The lowest BCUT2D eigenvalue weighted by Crippen LogP contribution is -1.96. The molecule has 2 heteroatoms. The Kier molecular flexibility index (Phi) is 1.43. The summed E-state index contributed by atoms with van der Waals surface area (Å²) in [5, 5.41) is 0. The maximum absolute atomic E-state index is 5.74. The standard InChI is InChI=1S/C10H12N2/c1-6-5-9-8(7(6)2)3-4-12-10(9)11/h3-5,7H,1-2H3,(H2,11,12). The number of aromatic nitrogens is 1. The topological polar surface area (TPSA) is 38.9 Å². The smallest absolute Gasteiger partial charge is 0.130 e. The van der Waals surface area contributed by atoms with Crippen molar-refractivity contribution in [3.63, 3.8) is 0 Å². The monoisotopic (exact) mass is 160 g/mol. The Bertz CT molecular complexity index is 353. The van der Waals surface area contributed by atoms with Gasteiger partial charge in [0.15, 0.2) is 0 Å². The first-order valence-corrected chi connectivity index (χ1v) is 4.12. The largest absolute Gasteiger partial charge is 0.383 e. The van der Waals surface area contributed by atoms with E-state index in [2.05, 4.69) is 24.9 Å². The molecule has 0 saturated heterocycles. The van der Waals surface area contributed by atoms with Gasteiger partial charge in [-0.25, -0.2) is 4.98 Å². The number of nitrogen functional groups attached to an aromatic ring is 1. The van der Waals surface area contributed by atoms with Gasteiger partial charge in [-0.15, -0.1) is 0 Å². The minimum absolute atomic E-state index is 0.505. The van der Waals surface area contributed by atoms with Crippen LogP contribution in [-0.4, -0.2) is 4.98 Å². The van der Waals surface area contributed by atoms with Crippen molar-refractivity contribution in [2.75, 3.05) is 5.73 Å². The van der Waals surface area contributed by atoms with Crippen LogP contribution in [0.4, 0.5) is 5.82 Å². The lowest BCUT2D eigenvalue weighted by atomic mass is 10.00. The first-order valence-electron chi connectivity index (χ1n) is 4.12. The van der Waals surface area contributed by atoms with Crippen molar-refractivity contribution in [3.05, 3.63) is 29.0 Å². The zero-order valence-electron chi connectivity index (χ0n) is 7.33. The number of rotatable bonds is 0. The minimum Gasteiger partial charge on any atom is -0.383 e. The maximum atomic E-state index is 5.74. The van der Waals surface area contributed by atoms with Crippen LogP contribution >= 0.6 is 0 Å². The number of allylic oxidation sites excluding steroid dienone is 1. The molecule has 0 saturated carbocycles. The van der Waals surface area contributed by atoms with Gasteiger partial charge in [0.25, 0.3) is 0 Å². The van der Waals surface area contributed by atoms with E-state index in [1.54, 1.807) is 6.20 Å². The van der Waals surface area contributed by atoms with Crippen molar-refractivity contribution in [1.29, 1.82) is 0 Å². The normalized spacial score (nSPS) is 20.5. The van der Waals surface area contributed by atoms with E-state index in [-0.39, 0.29) is 0 Å². The molecule has 1 aliphatic carbocycles. The van der Waals surface area contributed by atoms with Crippen molar-refractivity contribution in [3.8, 4) is 0 Å². The average Bonchev–Trinajstić information content (AvgIpc) is 2.32. The van der Waals surface area contributed by atoms with E-state index in [0.717, 1.165) is 5.56 Å². The predicted molar refractivity (Wildman–Crippen MR) is 50.7 cm³/mol. The molecule has 2 nitrogen and oxygen atoms in total. The van der Waals surface area contributed by atoms with Gasteiger partial charge in [0.2, 0.25) is 0 Å². The molecule has 1 aromatic rings. The van der Waals surface area contributed by atoms with Crippen LogP contribution in [0.1, 0.15) is 30.9 Å². The summed E-state index contributed by atoms with van der Waals surface area (Å²) in [4.78, 5) is 4.05. The molecule has 0 bridgehead atoms. The van der Waals surface area contributed by atoms with E-state index in [1.165, 1.54) is 11.1 Å². The van der Waals surface area contributed by atoms with Crippen LogP contribution in [0.15, 0.2) is 17.8 Å². The molecule has 1 unspecified atom stereocenters. The summed E-state index contributed by atoms with van der Waals surface area (Å²) < 4.78 is 0. The van der Waals surface area contributed by atoms with E-state index in [4.69, 9.17) is 5.73 Å². The number of nitrogens with two attached hydrogens (primary N) is 1. The molecule has 1 aromatic heterocycles. The third-order valence-corrected chi connectivity index (χ3v) is 2.58. The Labute approximate surface area is 72.1 Å². The number of fused-ring (bicyclic) bond motifs is 1. The summed E-state index contributed by atoms with van der Waals surface area (Å²) in [6.45, 7) is 4.32. The van der Waals surface area contributed by atoms with Gasteiger partial charge in [-0.2, -0.15) is 0 Å². The molecule has 0 fully saturated rings. The summed E-state index contributed by atoms with van der Waals surface area (Å²) in [5.41, 5.74) is 9.53. The number of hydrogen-bond acceptors (Lipinski definition) is 2. The highest BCUT2D eigenvalue weighted by atomic mass is 14.8. The number of pyridine rings is 1. The van der Waals surface area contributed by atoms with Crippen molar-refractivity contribution >= 4 is 11.9 Å². The highest BCUT2D eigenvalue weighted by Gasteiger charge is 2.19. The van der Waals surface area contributed by atoms with Crippen LogP contribution in [0.2, 0.25) is 0 Å². The third-order valence-electron chi connectivity index (χ3n) is 2.58. The summed E-state index contributed by atoms with van der Waals surface area (Å²) in [6, 6.07) is 2.04. The molecular weight excluding hydrogens is 148 g/mol. The average molecular weight is 160 g/mol. The second-order valence-electron chi connectivity index (χ2n) is 3.31. The molecule has 2 N–H and O–H groups in total. The van der Waals surface area contributed by atoms with Crippen LogP contribution in [0, 0.1) is 0 Å². The minimum atomic E-state index is 0.505. The number of hydrogen-bond donors (Lipinski definition) is 1. The SMILES string of the molecule is CC1=Cc2c(ccnc2N)C1C. The number of anilines is 1. The Hall–Kier alpha value is -1.31. The van der Waals surface area contributed by atoms with Crippen LogP contribution in [-0.2, 0) is 0 Å². The zero-order valence-corrected chi connectivity index (χ0v) is 7.33. The number of nitrogens with zero attached hydrogens (tertiary/aromatic N) is 1. The molecule has 62 valence electrons. The van der Waals surface area contributed by atoms with Gasteiger partial charge in [-0.3, -0.25) is 0 Å². The van der Waals surface area contributed by atoms with Gasteiger partial charge in [-0.1, -0.05) is 18.6 Å². The summed E-state index contributed by atoms with van der Waals surface area (Å²) in [6.07, 6.45) is 3.90. The van der Waals surface area contributed by atoms with Crippen LogP contribution in [0.5, 0.6) is 0 Å². The molecule has 1 aliphatic rings. The van der Waals surface area contributed by atoms with Crippen LogP contribution < -0.4 is 5.73 Å². The van der Waals surface area contributed by atoms with E-state index in [1.807, 2.05) is 6.07 Å². The van der Waals surface area contributed by atoms with E-state index in [9.17, 15) is 0 Å². The molecule has 12 heavy (non-hydrogen) atoms. The molecule has 0 aromatic carbocycles. The second-order valence-corrected chi connectivity index (χ2v) is 3.31. The molecule has 1 atom stereocenters. The van der Waals surface area contributed by atoms with Gasteiger partial charge in [-0.05, 0) is 18.6 Å².